The summed E-state index contributed by atoms with van der Waals surface area (Å²) in [5.74, 6) is 0. The van der Waals surface area contributed by atoms with Gasteiger partial charge < -0.3 is 109 Å². The molecule has 0 bridgehead atoms. The molecular formula is C78H174O23S8. The minimum atomic E-state index is -0.428. The van der Waals surface area contributed by atoms with E-state index in [1.807, 2.05) is 100 Å². The normalized spacial score (nSPS) is 12.3. The van der Waals surface area contributed by atoms with E-state index in [1.54, 1.807) is 94.1 Å². The van der Waals surface area contributed by atoms with Gasteiger partial charge in [0.05, 0.1) is 211 Å². The van der Waals surface area contributed by atoms with E-state index in [-0.39, 0.29) is 78.3 Å². The van der Waals surface area contributed by atoms with Gasteiger partial charge in [0.25, 0.3) is 0 Å². The molecule has 0 amide bonds. The summed E-state index contributed by atoms with van der Waals surface area (Å²) in [6, 6.07) is 0. The van der Waals surface area contributed by atoms with Gasteiger partial charge in [0.1, 0.15) is 36.6 Å². The van der Waals surface area contributed by atoms with Gasteiger partial charge in [0.15, 0.2) is 0 Å². The highest BCUT2D eigenvalue weighted by atomic mass is 32.2. The molecule has 6 unspecified atom stereocenters. The first kappa shape index (κ1) is 129. The molecule has 23 nitrogen and oxygen atoms in total. The predicted octanol–water partition coefficient (Wildman–Crippen LogP) is 14.7. The second-order valence-corrected chi connectivity index (χ2v) is 29.7. The van der Waals surface area contributed by atoms with Crippen LogP contribution in [0.5, 0.6) is 0 Å². The van der Waals surface area contributed by atoms with Crippen LogP contribution in [0.4, 0.5) is 0 Å². The Morgan fingerprint density at radius 1 is 0.128 bits per heavy atom. The van der Waals surface area contributed by atoms with Crippen molar-refractivity contribution in [3.63, 3.8) is 0 Å². The molecule has 0 rings (SSSR count). The Kier molecular flexibility index (Phi) is 158. The highest BCUT2D eigenvalue weighted by molar-refractivity contribution is 7.99. The van der Waals surface area contributed by atoms with Crippen LogP contribution in [0.25, 0.3) is 0 Å². The third kappa shape index (κ3) is 139. The second-order valence-electron chi connectivity index (χ2n) is 23.2. The van der Waals surface area contributed by atoms with E-state index in [2.05, 4.69) is 55.4 Å². The summed E-state index contributed by atoms with van der Waals surface area (Å²) >= 11 is 14.0. The first-order chi connectivity index (χ1) is 53.3. The molecule has 6 atom stereocenters. The lowest BCUT2D eigenvalue weighted by molar-refractivity contribution is -0.130. The van der Waals surface area contributed by atoms with E-state index < -0.39 is 24.4 Å². The van der Waals surface area contributed by atoms with Crippen LogP contribution in [0.15, 0.2) is 0 Å². The van der Waals surface area contributed by atoms with Crippen LogP contribution in [-0.2, 0) is 109 Å². The molecule has 0 aliphatic rings. The molecule has 0 fully saturated rings. The quantitative estimate of drug-likeness (QED) is 0.0518. The molecule has 31 heteroatoms. The Bertz CT molecular complexity index is 1290. The van der Waals surface area contributed by atoms with Gasteiger partial charge in [-0.25, -0.2) is 0 Å². The van der Waals surface area contributed by atoms with Crippen molar-refractivity contribution >= 4 is 94.1 Å². The minimum Gasteiger partial charge on any atom is -0.379 e. The predicted molar refractivity (Wildman–Crippen MR) is 480 cm³/mol. The van der Waals surface area contributed by atoms with Gasteiger partial charge in [-0.15, -0.1) is 0 Å². The Labute approximate surface area is 705 Å². The summed E-state index contributed by atoms with van der Waals surface area (Å²) in [5, 5.41) is 0. The molecule has 0 aliphatic carbocycles. The molecule has 0 spiro atoms. The minimum absolute atomic E-state index is 0.224. The lowest BCUT2D eigenvalue weighted by Gasteiger charge is -2.24. The second kappa shape index (κ2) is 133. The number of rotatable bonds is 76. The molecular weight excluding hydrogens is 1560 g/mol. The molecule has 0 aliphatic heterocycles. The van der Waals surface area contributed by atoms with Crippen LogP contribution in [0.3, 0.4) is 0 Å². The third-order valence-corrected chi connectivity index (χ3v) is 11.4. The molecule has 0 saturated heterocycles. The molecule has 0 saturated carbocycles. The van der Waals surface area contributed by atoms with Gasteiger partial charge in [0, 0.05) is 52.9 Å². The lowest BCUT2D eigenvalue weighted by atomic mass is 10.3. The highest BCUT2D eigenvalue weighted by Crippen LogP contribution is 2.08. The van der Waals surface area contributed by atoms with Gasteiger partial charge in [0.2, 0.25) is 0 Å². The van der Waals surface area contributed by atoms with Gasteiger partial charge in [-0.2, -0.15) is 94.1 Å². The maximum atomic E-state index is 6.34. The number of ether oxygens (including phenoxy) is 23. The van der Waals surface area contributed by atoms with Crippen molar-refractivity contribution in [3.8, 4) is 0 Å². The van der Waals surface area contributed by atoms with Gasteiger partial charge in [-0.3, -0.25) is 0 Å². The maximum absolute atomic E-state index is 6.34. The zero-order valence-electron chi connectivity index (χ0n) is 74.1. The topological polar surface area (TPSA) is 212 Å². The fraction of sp³-hybridized carbons (Fsp3) is 1.00. The van der Waals surface area contributed by atoms with Crippen LogP contribution < -0.4 is 0 Å². The number of thioether (sulfide) groups is 8. The van der Waals surface area contributed by atoms with Gasteiger partial charge in [-0.05, 0) is 151 Å². The smallest absolute Gasteiger partial charge is 0.104 e. The van der Waals surface area contributed by atoms with Crippen molar-refractivity contribution in [2.75, 3.05) is 364 Å². The molecule has 0 aromatic rings. The number of hydrogen-bond donors (Lipinski definition) is 0. The van der Waals surface area contributed by atoms with E-state index in [4.69, 9.17) is 109 Å². The molecule has 0 aromatic heterocycles. The third-order valence-electron chi connectivity index (χ3n) is 11.4. The Morgan fingerprint density at radius 3 is 0.339 bits per heavy atom. The van der Waals surface area contributed by atoms with E-state index >= 15 is 0 Å². The molecule has 0 aromatic carbocycles. The van der Waals surface area contributed by atoms with E-state index in [0.717, 1.165) is 64.6 Å². The molecule has 0 N–H and O–H groups in total. The fourth-order valence-electron chi connectivity index (χ4n) is 7.24. The van der Waals surface area contributed by atoms with Gasteiger partial charge in [-0.1, -0.05) is 55.4 Å². The molecule has 0 radical (unpaired) electrons. The summed E-state index contributed by atoms with van der Waals surface area (Å²) in [7, 11) is 0. The van der Waals surface area contributed by atoms with E-state index in [9.17, 15) is 0 Å². The Hall–Kier alpha value is 1.88. The number of hydrogen-bond acceptors (Lipinski definition) is 31. The zero-order valence-corrected chi connectivity index (χ0v) is 80.6. The largest absolute Gasteiger partial charge is 0.379 e. The van der Waals surface area contributed by atoms with Crippen LogP contribution >= 0.6 is 94.1 Å². The van der Waals surface area contributed by atoms with Crippen LogP contribution in [0.2, 0.25) is 0 Å². The Morgan fingerprint density at radius 2 is 0.220 bits per heavy atom. The summed E-state index contributed by atoms with van der Waals surface area (Å²) in [6.45, 7) is 34.1. The van der Waals surface area contributed by atoms with E-state index in [0.29, 0.717) is 185 Å². The standard InChI is InChI=1S/C62H126O23.8C2H6S/c1-9-17-63-25-27-71-29-31-73-45-57(80-39-33-65-19-11-3)47-75-49-59(82-41-35-67-21-13-5)51-77-53-61(84-43-37-69-23-15-7)55-79-56-62(85-44-38-70-24-16-8)54-78-52-60(83-42-36-68-22-14-6)50-76-48-58(81-40-34-66-20-12-4)46-74-32-30-72-28-26-64-18-10-2;8*1-3-2/h57-62H,9-56H2,1-8H3;8*1-2H3. The Balaban J connectivity index is -0.000000522. The fourth-order valence-corrected chi connectivity index (χ4v) is 7.24. The highest BCUT2D eigenvalue weighted by Gasteiger charge is 2.21. The van der Waals surface area contributed by atoms with Crippen molar-refractivity contribution in [2.45, 2.75) is 143 Å². The zero-order chi connectivity index (χ0) is 83.3. The van der Waals surface area contributed by atoms with Crippen LogP contribution in [0, 0.1) is 0 Å². The van der Waals surface area contributed by atoms with Crippen molar-refractivity contribution < 1.29 is 109 Å². The van der Waals surface area contributed by atoms with Crippen LogP contribution in [0.1, 0.15) is 107 Å². The summed E-state index contributed by atoms with van der Waals surface area (Å²) in [4.78, 5) is 0. The summed E-state index contributed by atoms with van der Waals surface area (Å²) in [5.41, 5.74) is 0. The van der Waals surface area contributed by atoms with Crippen molar-refractivity contribution in [2.24, 2.45) is 0 Å². The van der Waals surface area contributed by atoms with Crippen LogP contribution in [-0.4, -0.2) is 401 Å². The average Bonchev–Trinajstić information content (AvgIpc) is 0.964. The SMILES string of the molecule is CCCOCCOCCOCC(COCC(COCC(COCC(COCC(COCC(COCCOCCOCCC)OCCOCCC)OCCOCCC)OCCOCCC)OCCOCCC)OCCOCCC)OCCOCCC.CSC.CSC.CSC.CSC.CSC.CSC.CSC.CSC. The average molecular weight is 1740 g/mol. The molecule has 109 heavy (non-hydrogen) atoms. The maximum Gasteiger partial charge on any atom is 0.104 e. The first-order valence-corrected chi connectivity index (χ1v) is 52.1. The first-order valence-electron chi connectivity index (χ1n) is 39.0. The van der Waals surface area contributed by atoms with E-state index in [1.165, 1.54) is 0 Å². The van der Waals surface area contributed by atoms with Gasteiger partial charge >= 0.3 is 0 Å². The summed E-state index contributed by atoms with van der Waals surface area (Å²) < 4.78 is 137. The van der Waals surface area contributed by atoms with Crippen molar-refractivity contribution in [1.82, 2.24) is 0 Å². The van der Waals surface area contributed by atoms with Crippen molar-refractivity contribution in [1.29, 1.82) is 0 Å². The van der Waals surface area contributed by atoms with Crippen molar-refractivity contribution in [3.05, 3.63) is 0 Å². The summed E-state index contributed by atoms with van der Waals surface area (Å²) in [6.07, 6.45) is 37.8. The molecule has 672 valence electrons. The lowest BCUT2D eigenvalue weighted by Crippen LogP contribution is -2.35. The molecule has 0 heterocycles. The monoisotopic (exact) mass is 1740 g/mol.